The SMILES string of the molecule is CC1(C)OB(c2ccc3c(c2)c2ccccc2c2cc4c(cc32)C(c2ccccc2)c2ccc3ccccc3c2-4)OC1(C)C. The summed E-state index contributed by atoms with van der Waals surface area (Å²) in [5.41, 5.74) is 7.09. The summed E-state index contributed by atoms with van der Waals surface area (Å²) in [6.45, 7) is 8.45. The molecule has 2 aliphatic rings. The van der Waals surface area contributed by atoms with Crippen LogP contribution in [0.15, 0.2) is 121 Å². The Morgan fingerprint density at radius 1 is 0.500 bits per heavy atom. The highest BCUT2D eigenvalue weighted by Crippen LogP contribution is 2.53. The fourth-order valence-electron chi connectivity index (χ4n) is 7.62. The summed E-state index contributed by atoms with van der Waals surface area (Å²) in [5.74, 6) is 0.181. The Morgan fingerprint density at radius 2 is 1.09 bits per heavy atom. The van der Waals surface area contributed by atoms with Gasteiger partial charge in [0.15, 0.2) is 0 Å². The lowest BCUT2D eigenvalue weighted by Gasteiger charge is -2.32. The Labute approximate surface area is 258 Å². The van der Waals surface area contributed by atoms with Gasteiger partial charge >= 0.3 is 7.12 Å². The molecule has 0 aromatic heterocycles. The maximum Gasteiger partial charge on any atom is 0.494 e. The van der Waals surface area contributed by atoms with E-state index in [1.807, 2.05) is 0 Å². The van der Waals surface area contributed by atoms with Gasteiger partial charge in [-0.15, -0.1) is 0 Å². The topological polar surface area (TPSA) is 18.5 Å². The summed E-state index contributed by atoms with van der Waals surface area (Å²) in [6.07, 6.45) is 0. The molecule has 7 aromatic carbocycles. The first-order chi connectivity index (χ1) is 21.3. The lowest BCUT2D eigenvalue weighted by atomic mass is 9.77. The number of rotatable bonds is 2. The first-order valence-corrected chi connectivity index (χ1v) is 15.7. The molecule has 1 atom stereocenters. The molecule has 9 rings (SSSR count). The number of benzene rings is 7. The van der Waals surface area contributed by atoms with Gasteiger partial charge in [0.1, 0.15) is 0 Å². The van der Waals surface area contributed by atoms with Gasteiger partial charge in [0.25, 0.3) is 0 Å². The molecule has 1 heterocycles. The molecule has 3 heteroatoms. The first-order valence-electron chi connectivity index (χ1n) is 15.7. The molecule has 0 N–H and O–H groups in total. The molecule has 7 aromatic rings. The van der Waals surface area contributed by atoms with Gasteiger partial charge in [-0.05, 0) is 116 Å². The van der Waals surface area contributed by atoms with Crippen LogP contribution in [0.2, 0.25) is 0 Å². The molecule has 1 aliphatic heterocycles. The van der Waals surface area contributed by atoms with Crippen molar-refractivity contribution in [1.82, 2.24) is 0 Å². The van der Waals surface area contributed by atoms with Crippen LogP contribution in [0.3, 0.4) is 0 Å². The van der Waals surface area contributed by atoms with E-state index in [0.717, 1.165) is 5.46 Å². The Balaban J connectivity index is 1.35. The Hall–Kier alpha value is -4.44. The van der Waals surface area contributed by atoms with E-state index in [0.29, 0.717) is 0 Å². The van der Waals surface area contributed by atoms with E-state index in [2.05, 4.69) is 149 Å². The third-order valence-corrected chi connectivity index (χ3v) is 10.5. The van der Waals surface area contributed by atoms with Crippen molar-refractivity contribution in [1.29, 1.82) is 0 Å². The van der Waals surface area contributed by atoms with Gasteiger partial charge in [-0.1, -0.05) is 109 Å². The average Bonchev–Trinajstić information content (AvgIpc) is 3.49. The predicted octanol–water partition coefficient (Wildman–Crippen LogP) is 9.76. The van der Waals surface area contributed by atoms with Crippen molar-refractivity contribution in [2.75, 3.05) is 0 Å². The van der Waals surface area contributed by atoms with Gasteiger partial charge in [0, 0.05) is 5.92 Å². The second kappa shape index (κ2) is 9.05. The van der Waals surface area contributed by atoms with Crippen LogP contribution < -0.4 is 5.46 Å². The zero-order valence-electron chi connectivity index (χ0n) is 25.5. The van der Waals surface area contributed by atoms with Crippen LogP contribution >= 0.6 is 0 Å². The van der Waals surface area contributed by atoms with Crippen molar-refractivity contribution in [2.24, 2.45) is 0 Å². The monoisotopic (exact) mass is 568 g/mol. The Kier molecular flexibility index (Phi) is 5.35. The molecule has 1 unspecified atom stereocenters. The van der Waals surface area contributed by atoms with Crippen LogP contribution in [0.5, 0.6) is 0 Å². The van der Waals surface area contributed by atoms with E-state index >= 15 is 0 Å². The molecule has 1 aliphatic carbocycles. The number of hydrogen-bond donors (Lipinski definition) is 0. The molecule has 1 saturated heterocycles. The van der Waals surface area contributed by atoms with Crippen LogP contribution in [0.4, 0.5) is 0 Å². The Bertz CT molecular complexity index is 2280. The highest BCUT2D eigenvalue weighted by atomic mass is 16.7. The van der Waals surface area contributed by atoms with Crippen molar-refractivity contribution in [3.05, 3.63) is 138 Å². The zero-order chi connectivity index (χ0) is 29.8. The van der Waals surface area contributed by atoms with Gasteiger partial charge in [0.2, 0.25) is 0 Å². The fraction of sp³-hybridized carbons (Fsp3) is 0.171. The van der Waals surface area contributed by atoms with Crippen molar-refractivity contribution in [3.63, 3.8) is 0 Å². The average molecular weight is 569 g/mol. The summed E-state index contributed by atoms with van der Waals surface area (Å²) in [7, 11) is -0.399. The third kappa shape index (κ3) is 3.57. The molecule has 0 saturated carbocycles. The van der Waals surface area contributed by atoms with Crippen LogP contribution in [-0.4, -0.2) is 18.3 Å². The molecular formula is C41H33BO2. The molecule has 0 bridgehead atoms. The largest absolute Gasteiger partial charge is 0.494 e. The second-order valence-electron chi connectivity index (χ2n) is 13.5. The minimum atomic E-state index is -0.399. The molecule has 212 valence electrons. The normalized spacial score (nSPS) is 18.4. The molecule has 0 amide bonds. The molecular weight excluding hydrogens is 535 g/mol. The highest BCUT2D eigenvalue weighted by Gasteiger charge is 2.51. The van der Waals surface area contributed by atoms with Crippen LogP contribution in [0.1, 0.15) is 50.3 Å². The fourth-order valence-corrected chi connectivity index (χ4v) is 7.62. The van der Waals surface area contributed by atoms with E-state index < -0.39 is 7.12 Å². The summed E-state index contributed by atoms with van der Waals surface area (Å²) in [6, 6.07) is 45.0. The van der Waals surface area contributed by atoms with E-state index in [9.17, 15) is 0 Å². The standard InChI is InChI=1S/C41H33BO2/c1-40(2)41(3,4)44-42(43-40)27-19-21-31-33(22-27)29-16-10-11-17-30(29)34-24-37-36(23-35(31)34)38(26-13-6-5-7-14-26)32-20-18-25-12-8-9-15-28(25)39(32)37/h5-24,38H,1-4H3. The molecule has 2 nitrogen and oxygen atoms in total. The quantitative estimate of drug-likeness (QED) is 0.153. The summed E-state index contributed by atoms with van der Waals surface area (Å²) < 4.78 is 12.9. The maximum absolute atomic E-state index is 6.47. The molecule has 44 heavy (non-hydrogen) atoms. The van der Waals surface area contributed by atoms with Crippen molar-refractivity contribution in [2.45, 2.75) is 44.8 Å². The van der Waals surface area contributed by atoms with Gasteiger partial charge in [-0.25, -0.2) is 0 Å². The van der Waals surface area contributed by atoms with E-state index in [1.165, 1.54) is 70.9 Å². The smallest absolute Gasteiger partial charge is 0.399 e. The van der Waals surface area contributed by atoms with Crippen molar-refractivity contribution < 1.29 is 9.31 Å². The minimum absolute atomic E-state index is 0.181. The van der Waals surface area contributed by atoms with Gasteiger partial charge < -0.3 is 9.31 Å². The van der Waals surface area contributed by atoms with E-state index in [-0.39, 0.29) is 17.1 Å². The van der Waals surface area contributed by atoms with Crippen molar-refractivity contribution in [3.8, 4) is 11.1 Å². The van der Waals surface area contributed by atoms with Crippen LogP contribution in [0, 0.1) is 0 Å². The maximum atomic E-state index is 6.47. The van der Waals surface area contributed by atoms with Gasteiger partial charge in [-0.3, -0.25) is 0 Å². The van der Waals surface area contributed by atoms with Crippen LogP contribution in [-0.2, 0) is 9.31 Å². The summed E-state index contributed by atoms with van der Waals surface area (Å²) >= 11 is 0. The Morgan fingerprint density at radius 3 is 1.82 bits per heavy atom. The lowest BCUT2D eigenvalue weighted by molar-refractivity contribution is 0.00578. The lowest BCUT2D eigenvalue weighted by Crippen LogP contribution is -2.41. The van der Waals surface area contributed by atoms with Crippen LogP contribution in [0.25, 0.3) is 54.2 Å². The molecule has 0 radical (unpaired) electrons. The number of fused-ring (bicyclic) bond motifs is 11. The predicted molar refractivity (Wildman–Crippen MR) is 185 cm³/mol. The van der Waals surface area contributed by atoms with Gasteiger partial charge in [0.05, 0.1) is 11.2 Å². The molecule has 0 spiro atoms. The second-order valence-corrected chi connectivity index (χ2v) is 13.5. The molecule has 1 fully saturated rings. The van der Waals surface area contributed by atoms with Crippen molar-refractivity contribution >= 4 is 55.7 Å². The summed E-state index contributed by atoms with van der Waals surface area (Å²) in [5, 5.41) is 10.2. The zero-order valence-corrected chi connectivity index (χ0v) is 25.5. The highest BCUT2D eigenvalue weighted by molar-refractivity contribution is 6.62. The summed E-state index contributed by atoms with van der Waals surface area (Å²) in [4.78, 5) is 0. The first kappa shape index (κ1) is 26.0. The van der Waals surface area contributed by atoms with Gasteiger partial charge in [-0.2, -0.15) is 0 Å². The van der Waals surface area contributed by atoms with E-state index in [4.69, 9.17) is 9.31 Å². The minimum Gasteiger partial charge on any atom is -0.399 e. The van der Waals surface area contributed by atoms with E-state index in [1.54, 1.807) is 0 Å². The number of hydrogen-bond acceptors (Lipinski definition) is 2. The third-order valence-electron chi connectivity index (χ3n) is 10.5.